The molecule has 1 heterocycles. The van der Waals surface area contributed by atoms with Crippen molar-refractivity contribution in [3.8, 4) is 0 Å². The van der Waals surface area contributed by atoms with Gasteiger partial charge in [0.05, 0.1) is 10.7 Å². The molecular formula is C10H7ClFN3. The summed E-state index contributed by atoms with van der Waals surface area (Å²) >= 11 is 5.63. The third-order valence-corrected chi connectivity index (χ3v) is 2.09. The molecule has 1 aromatic carbocycles. The maximum atomic E-state index is 13.4. The van der Waals surface area contributed by atoms with Crippen LogP contribution in [0.1, 0.15) is 0 Å². The highest BCUT2D eigenvalue weighted by Gasteiger charge is 2.05. The molecule has 76 valence electrons. The van der Waals surface area contributed by atoms with Crippen molar-refractivity contribution in [1.82, 2.24) is 9.97 Å². The van der Waals surface area contributed by atoms with Gasteiger partial charge in [0, 0.05) is 6.20 Å². The summed E-state index contributed by atoms with van der Waals surface area (Å²) in [7, 11) is 0. The predicted octanol–water partition coefficient (Wildman–Crippen LogP) is 3.01. The minimum atomic E-state index is -0.488. The van der Waals surface area contributed by atoms with Crippen LogP contribution in [0.2, 0.25) is 5.02 Å². The molecule has 1 aromatic heterocycles. The van der Waals surface area contributed by atoms with E-state index in [0.29, 0.717) is 11.5 Å². The second-order valence-electron chi connectivity index (χ2n) is 2.82. The van der Waals surface area contributed by atoms with Crippen molar-refractivity contribution in [2.75, 3.05) is 5.32 Å². The summed E-state index contributed by atoms with van der Waals surface area (Å²) in [6.07, 6.45) is 2.95. The van der Waals surface area contributed by atoms with E-state index < -0.39 is 5.82 Å². The maximum Gasteiger partial charge on any atom is 0.165 e. The van der Waals surface area contributed by atoms with Gasteiger partial charge in [-0.15, -0.1) is 0 Å². The average molecular weight is 224 g/mol. The minimum absolute atomic E-state index is 0.0778. The number of nitrogens with zero attached hydrogens (tertiary/aromatic N) is 2. The summed E-state index contributed by atoms with van der Waals surface area (Å²) in [5.74, 6) is 0.0314. The van der Waals surface area contributed by atoms with Crippen molar-refractivity contribution in [3.05, 3.63) is 47.6 Å². The smallest absolute Gasteiger partial charge is 0.165 e. The Kier molecular flexibility index (Phi) is 2.78. The van der Waals surface area contributed by atoms with Crippen LogP contribution in [0.15, 0.2) is 36.8 Å². The molecule has 1 N–H and O–H groups in total. The largest absolute Gasteiger partial charge is 0.338 e. The SMILES string of the molecule is Fc1c(Cl)cccc1Nc1ccncn1. The lowest BCUT2D eigenvalue weighted by Gasteiger charge is -2.06. The molecule has 5 heteroatoms. The van der Waals surface area contributed by atoms with Crippen molar-refractivity contribution in [2.24, 2.45) is 0 Å². The number of anilines is 2. The first-order chi connectivity index (χ1) is 7.27. The molecule has 3 nitrogen and oxygen atoms in total. The van der Waals surface area contributed by atoms with E-state index in [0.717, 1.165) is 0 Å². The summed E-state index contributed by atoms with van der Waals surface area (Å²) in [5.41, 5.74) is 0.293. The molecule has 0 atom stereocenters. The summed E-state index contributed by atoms with van der Waals surface area (Å²) in [6.45, 7) is 0. The van der Waals surface area contributed by atoms with E-state index >= 15 is 0 Å². The van der Waals surface area contributed by atoms with Gasteiger partial charge in [0.2, 0.25) is 0 Å². The van der Waals surface area contributed by atoms with Crippen LogP contribution in [0, 0.1) is 5.82 Å². The third kappa shape index (κ3) is 2.22. The molecule has 15 heavy (non-hydrogen) atoms. The van der Waals surface area contributed by atoms with E-state index in [9.17, 15) is 4.39 Å². The summed E-state index contributed by atoms with van der Waals surface area (Å²) in [6, 6.07) is 6.38. The van der Waals surface area contributed by atoms with E-state index in [1.54, 1.807) is 24.4 Å². The molecule has 0 fully saturated rings. The minimum Gasteiger partial charge on any atom is -0.338 e. The number of benzene rings is 1. The van der Waals surface area contributed by atoms with E-state index in [-0.39, 0.29) is 5.02 Å². The van der Waals surface area contributed by atoms with Gasteiger partial charge in [0.25, 0.3) is 0 Å². The number of aromatic nitrogens is 2. The summed E-state index contributed by atoms with van der Waals surface area (Å²) in [5, 5.41) is 2.88. The van der Waals surface area contributed by atoms with E-state index in [2.05, 4.69) is 15.3 Å². The van der Waals surface area contributed by atoms with E-state index in [1.165, 1.54) is 12.4 Å². The topological polar surface area (TPSA) is 37.8 Å². The monoisotopic (exact) mass is 223 g/mol. The van der Waals surface area contributed by atoms with Gasteiger partial charge in [-0.2, -0.15) is 0 Å². The van der Waals surface area contributed by atoms with Crippen molar-refractivity contribution < 1.29 is 4.39 Å². The van der Waals surface area contributed by atoms with Crippen LogP contribution in [-0.2, 0) is 0 Å². The average Bonchev–Trinajstić information content (AvgIpc) is 2.26. The fourth-order valence-electron chi connectivity index (χ4n) is 1.10. The van der Waals surface area contributed by atoms with Gasteiger partial charge >= 0.3 is 0 Å². The molecule has 0 aliphatic rings. The Hall–Kier alpha value is -1.68. The highest BCUT2D eigenvalue weighted by atomic mass is 35.5. The van der Waals surface area contributed by atoms with E-state index in [4.69, 9.17) is 11.6 Å². The van der Waals surface area contributed by atoms with Gasteiger partial charge in [0.15, 0.2) is 5.82 Å². The first kappa shape index (κ1) is 9.86. The Morgan fingerprint density at radius 2 is 2.13 bits per heavy atom. The van der Waals surface area contributed by atoms with Crippen molar-refractivity contribution in [3.63, 3.8) is 0 Å². The molecule has 0 amide bonds. The fourth-order valence-corrected chi connectivity index (χ4v) is 1.28. The van der Waals surface area contributed by atoms with Gasteiger partial charge in [-0.05, 0) is 18.2 Å². The summed E-state index contributed by atoms with van der Waals surface area (Å²) in [4.78, 5) is 7.67. The van der Waals surface area contributed by atoms with Crippen molar-refractivity contribution >= 4 is 23.1 Å². The summed E-state index contributed by atoms with van der Waals surface area (Å²) < 4.78 is 13.4. The first-order valence-corrected chi connectivity index (χ1v) is 4.62. The molecule has 0 saturated carbocycles. The second kappa shape index (κ2) is 4.23. The molecule has 0 saturated heterocycles. The van der Waals surface area contributed by atoms with Crippen LogP contribution in [-0.4, -0.2) is 9.97 Å². The molecule has 0 spiro atoms. The van der Waals surface area contributed by atoms with Gasteiger partial charge in [-0.1, -0.05) is 17.7 Å². The zero-order valence-electron chi connectivity index (χ0n) is 7.61. The Bertz CT molecular complexity index is 461. The zero-order chi connectivity index (χ0) is 10.7. The molecule has 0 bridgehead atoms. The van der Waals surface area contributed by atoms with E-state index in [1.807, 2.05) is 0 Å². The first-order valence-electron chi connectivity index (χ1n) is 4.24. The van der Waals surface area contributed by atoms with Crippen LogP contribution in [0.25, 0.3) is 0 Å². The molecule has 2 aromatic rings. The van der Waals surface area contributed by atoms with Crippen molar-refractivity contribution in [1.29, 1.82) is 0 Å². The normalized spacial score (nSPS) is 10.0. The second-order valence-corrected chi connectivity index (χ2v) is 3.23. The van der Waals surface area contributed by atoms with Crippen LogP contribution < -0.4 is 5.32 Å². The van der Waals surface area contributed by atoms with Crippen LogP contribution in [0.4, 0.5) is 15.9 Å². The maximum absolute atomic E-state index is 13.4. The number of hydrogen-bond acceptors (Lipinski definition) is 3. The molecule has 0 radical (unpaired) electrons. The van der Waals surface area contributed by atoms with Gasteiger partial charge < -0.3 is 5.32 Å². The Labute approximate surface area is 90.9 Å². The Morgan fingerprint density at radius 3 is 2.87 bits per heavy atom. The van der Waals surface area contributed by atoms with Gasteiger partial charge in [0.1, 0.15) is 12.1 Å². The quantitative estimate of drug-likeness (QED) is 0.851. The molecule has 2 rings (SSSR count). The lowest BCUT2D eigenvalue weighted by atomic mass is 10.3. The number of hydrogen-bond donors (Lipinski definition) is 1. The van der Waals surface area contributed by atoms with Gasteiger partial charge in [-0.25, -0.2) is 14.4 Å². The van der Waals surface area contributed by atoms with Crippen LogP contribution in [0.5, 0.6) is 0 Å². The number of nitrogens with one attached hydrogen (secondary N) is 1. The van der Waals surface area contributed by atoms with Crippen LogP contribution in [0.3, 0.4) is 0 Å². The van der Waals surface area contributed by atoms with Gasteiger partial charge in [-0.3, -0.25) is 0 Å². The lowest BCUT2D eigenvalue weighted by molar-refractivity contribution is 0.632. The Morgan fingerprint density at radius 1 is 1.27 bits per heavy atom. The zero-order valence-corrected chi connectivity index (χ0v) is 8.37. The molecule has 0 aliphatic carbocycles. The molecule has 0 aliphatic heterocycles. The molecular weight excluding hydrogens is 217 g/mol. The molecule has 0 unspecified atom stereocenters. The third-order valence-electron chi connectivity index (χ3n) is 1.80. The predicted molar refractivity (Wildman–Crippen MR) is 56.7 cm³/mol. The number of halogens is 2. The van der Waals surface area contributed by atoms with Crippen molar-refractivity contribution in [2.45, 2.75) is 0 Å². The highest BCUT2D eigenvalue weighted by molar-refractivity contribution is 6.31. The highest BCUT2D eigenvalue weighted by Crippen LogP contribution is 2.24. The number of rotatable bonds is 2. The lowest BCUT2D eigenvalue weighted by Crippen LogP contribution is -1.96. The fraction of sp³-hybridized carbons (Fsp3) is 0. The standard InChI is InChI=1S/C10H7ClFN3/c11-7-2-1-3-8(10(7)12)15-9-4-5-13-6-14-9/h1-6H,(H,13,14,15). The van der Waals surface area contributed by atoms with Crippen LogP contribution >= 0.6 is 11.6 Å². The Balaban J connectivity index is 2.29.